The summed E-state index contributed by atoms with van der Waals surface area (Å²) in [5, 5.41) is 4.73. The topological polar surface area (TPSA) is 21.3 Å². The van der Waals surface area contributed by atoms with Crippen LogP contribution in [0.4, 0.5) is 17.1 Å². The third kappa shape index (κ3) is 6.29. The molecule has 0 radical (unpaired) electrons. The minimum absolute atomic E-state index is 0.888. The fraction of sp³-hybridized carbons (Fsp3) is 0. The van der Waals surface area contributed by atoms with Gasteiger partial charge in [-0.15, -0.1) is 0 Å². The van der Waals surface area contributed by atoms with Gasteiger partial charge in [-0.05, 0) is 100 Å². The van der Waals surface area contributed by atoms with Gasteiger partial charge in [0.1, 0.15) is 11.2 Å². The summed E-state index contributed by atoms with van der Waals surface area (Å²) in [6, 6.07) is 87.0. The highest BCUT2D eigenvalue weighted by atomic mass is 16.3. The summed E-state index contributed by atoms with van der Waals surface area (Å²) >= 11 is 0. The number of hydrogen-bond acceptors (Lipinski definition) is 2. The van der Waals surface area contributed by atoms with E-state index in [9.17, 15) is 0 Å². The van der Waals surface area contributed by atoms with E-state index in [1.807, 2.05) is 6.07 Å². The molecule has 0 aliphatic heterocycles. The number of rotatable bonds is 8. The van der Waals surface area contributed by atoms with Crippen LogP contribution in [0.25, 0.3) is 93.9 Å². The van der Waals surface area contributed by atoms with E-state index in [1.165, 1.54) is 38.5 Å². The molecule has 12 rings (SSSR count). The molecule has 296 valence electrons. The van der Waals surface area contributed by atoms with Crippen molar-refractivity contribution < 1.29 is 4.42 Å². The van der Waals surface area contributed by atoms with Crippen molar-refractivity contribution in [3.8, 4) is 50.2 Å². The molecule has 2 heterocycles. The number of benzene rings is 10. The van der Waals surface area contributed by atoms with Gasteiger partial charge in [-0.25, -0.2) is 0 Å². The Labute approximate surface area is 366 Å². The Morgan fingerprint density at radius 3 is 1.60 bits per heavy atom. The van der Waals surface area contributed by atoms with Crippen molar-refractivity contribution in [1.29, 1.82) is 0 Å². The van der Waals surface area contributed by atoms with Gasteiger partial charge in [0, 0.05) is 49.7 Å². The van der Waals surface area contributed by atoms with Crippen LogP contribution < -0.4 is 4.90 Å². The fourth-order valence-electron chi connectivity index (χ4n) is 9.49. The zero-order chi connectivity index (χ0) is 41.7. The van der Waals surface area contributed by atoms with Gasteiger partial charge in [0.15, 0.2) is 0 Å². The molecule has 63 heavy (non-hydrogen) atoms. The number of fused-ring (bicyclic) bond motifs is 6. The Hall–Kier alpha value is -8.40. The van der Waals surface area contributed by atoms with Crippen molar-refractivity contribution in [1.82, 2.24) is 4.57 Å². The van der Waals surface area contributed by atoms with Crippen LogP contribution in [0.15, 0.2) is 247 Å². The van der Waals surface area contributed by atoms with Crippen LogP contribution in [0.1, 0.15) is 0 Å². The first-order valence-electron chi connectivity index (χ1n) is 21.5. The molecule has 0 saturated carbocycles. The molecule has 0 bridgehead atoms. The van der Waals surface area contributed by atoms with Gasteiger partial charge in [0.05, 0.1) is 16.7 Å². The average molecular weight is 805 g/mol. The molecule has 0 unspecified atom stereocenters. The van der Waals surface area contributed by atoms with Gasteiger partial charge >= 0.3 is 0 Å². The molecule has 0 N–H and O–H groups in total. The molecule has 0 fully saturated rings. The summed E-state index contributed by atoms with van der Waals surface area (Å²) in [4.78, 5) is 2.38. The zero-order valence-electron chi connectivity index (χ0n) is 34.4. The number of furan rings is 1. The summed E-state index contributed by atoms with van der Waals surface area (Å²) in [6.07, 6.45) is 0. The van der Waals surface area contributed by atoms with E-state index in [4.69, 9.17) is 4.42 Å². The van der Waals surface area contributed by atoms with Crippen molar-refractivity contribution >= 4 is 60.8 Å². The molecule has 2 aromatic heterocycles. The normalized spacial score (nSPS) is 11.5. The lowest BCUT2D eigenvalue weighted by molar-refractivity contribution is 0.670. The summed E-state index contributed by atoms with van der Waals surface area (Å²) in [7, 11) is 0. The van der Waals surface area contributed by atoms with E-state index < -0.39 is 0 Å². The predicted molar refractivity (Wildman–Crippen MR) is 264 cm³/mol. The van der Waals surface area contributed by atoms with Gasteiger partial charge in [-0.2, -0.15) is 0 Å². The highest BCUT2D eigenvalue weighted by Crippen LogP contribution is 2.44. The van der Waals surface area contributed by atoms with E-state index in [0.717, 1.165) is 72.5 Å². The van der Waals surface area contributed by atoms with Gasteiger partial charge in [-0.3, -0.25) is 0 Å². The molecule has 3 heteroatoms. The second kappa shape index (κ2) is 15.3. The Morgan fingerprint density at radius 2 is 0.857 bits per heavy atom. The van der Waals surface area contributed by atoms with Crippen molar-refractivity contribution in [2.24, 2.45) is 0 Å². The largest absolute Gasteiger partial charge is 0.455 e. The molecule has 0 aliphatic carbocycles. The predicted octanol–water partition coefficient (Wildman–Crippen LogP) is 16.8. The third-order valence-electron chi connectivity index (χ3n) is 12.4. The maximum absolute atomic E-state index is 6.51. The smallest absolute Gasteiger partial charge is 0.143 e. The quantitative estimate of drug-likeness (QED) is 0.153. The highest BCUT2D eigenvalue weighted by Gasteiger charge is 2.20. The lowest BCUT2D eigenvalue weighted by atomic mass is 9.98. The molecule has 0 saturated heterocycles. The van der Waals surface area contributed by atoms with E-state index in [0.29, 0.717) is 0 Å². The highest BCUT2D eigenvalue weighted by molar-refractivity contribution is 6.16. The first-order chi connectivity index (χ1) is 31.3. The van der Waals surface area contributed by atoms with Crippen molar-refractivity contribution in [3.05, 3.63) is 243 Å². The lowest BCUT2D eigenvalue weighted by Gasteiger charge is -2.28. The van der Waals surface area contributed by atoms with Gasteiger partial charge in [0.25, 0.3) is 0 Å². The van der Waals surface area contributed by atoms with Crippen LogP contribution >= 0.6 is 0 Å². The molecule has 0 aliphatic rings. The Bertz CT molecular complexity index is 3590. The summed E-state index contributed by atoms with van der Waals surface area (Å²) in [6.45, 7) is 0. The van der Waals surface area contributed by atoms with E-state index in [1.54, 1.807) is 0 Å². The average Bonchev–Trinajstić information content (AvgIpc) is 3.91. The van der Waals surface area contributed by atoms with Crippen LogP contribution in [-0.4, -0.2) is 4.57 Å². The Balaban J connectivity index is 0.957. The van der Waals surface area contributed by atoms with Crippen molar-refractivity contribution in [2.45, 2.75) is 0 Å². The van der Waals surface area contributed by atoms with Crippen LogP contribution in [0.3, 0.4) is 0 Å². The minimum Gasteiger partial charge on any atom is -0.455 e. The van der Waals surface area contributed by atoms with Crippen LogP contribution in [0, 0.1) is 0 Å². The van der Waals surface area contributed by atoms with Gasteiger partial charge < -0.3 is 13.9 Å². The maximum atomic E-state index is 6.51. The summed E-state index contributed by atoms with van der Waals surface area (Å²) in [5.41, 5.74) is 17.9. The fourth-order valence-corrected chi connectivity index (χ4v) is 9.49. The summed E-state index contributed by atoms with van der Waals surface area (Å²) < 4.78 is 8.89. The monoisotopic (exact) mass is 804 g/mol. The second-order valence-corrected chi connectivity index (χ2v) is 16.1. The van der Waals surface area contributed by atoms with Gasteiger partial charge in [0.2, 0.25) is 0 Å². The Morgan fingerprint density at radius 1 is 0.333 bits per heavy atom. The van der Waals surface area contributed by atoms with Crippen LogP contribution in [0.5, 0.6) is 0 Å². The first-order valence-corrected chi connectivity index (χ1v) is 21.5. The standard InChI is InChI=1S/C60H40N2O/c1-4-16-42(17-5-1)49-22-10-12-27-55(49)61(47-35-30-41(31-36-47)45-34-39-58-54(40-45)52-26-14-25-51(60(52)63-58)43-18-6-2-7-19-43)48-37-32-44(33-38-48)50-24-15-29-57-59(50)53-23-11-13-28-56(53)62(57)46-20-8-3-9-21-46/h1-40H. The molecule has 0 spiro atoms. The lowest BCUT2D eigenvalue weighted by Crippen LogP contribution is -2.11. The molecule has 10 aromatic carbocycles. The SMILES string of the molecule is c1ccc(-c2ccccc2N(c2ccc(-c3ccc4oc5c(-c6ccccc6)cccc5c4c3)cc2)c2ccc(-c3cccc4c3c3ccccc3n4-c3ccccc3)cc2)cc1. The number of hydrogen-bond donors (Lipinski definition) is 0. The number of aromatic nitrogens is 1. The minimum atomic E-state index is 0.888. The first kappa shape index (κ1) is 36.5. The van der Waals surface area contributed by atoms with E-state index in [-0.39, 0.29) is 0 Å². The molecule has 0 amide bonds. The Kier molecular flexibility index (Phi) is 8.83. The van der Waals surface area contributed by atoms with Gasteiger partial charge in [-0.1, -0.05) is 176 Å². The number of anilines is 3. The van der Waals surface area contributed by atoms with E-state index >= 15 is 0 Å². The van der Waals surface area contributed by atoms with E-state index in [2.05, 4.69) is 246 Å². The van der Waals surface area contributed by atoms with Crippen molar-refractivity contribution in [2.75, 3.05) is 4.90 Å². The summed E-state index contributed by atoms with van der Waals surface area (Å²) in [5.74, 6) is 0. The molecular weight excluding hydrogens is 765 g/mol. The second-order valence-electron chi connectivity index (χ2n) is 16.1. The maximum Gasteiger partial charge on any atom is 0.143 e. The zero-order valence-corrected chi connectivity index (χ0v) is 34.4. The van der Waals surface area contributed by atoms with Crippen LogP contribution in [-0.2, 0) is 0 Å². The number of para-hydroxylation sites is 4. The van der Waals surface area contributed by atoms with Crippen molar-refractivity contribution in [3.63, 3.8) is 0 Å². The number of nitrogens with zero attached hydrogens (tertiary/aromatic N) is 2. The molecule has 3 nitrogen and oxygen atoms in total. The third-order valence-corrected chi connectivity index (χ3v) is 12.4. The molecule has 0 atom stereocenters. The van der Waals surface area contributed by atoms with Crippen LogP contribution in [0.2, 0.25) is 0 Å². The molecular formula is C60H40N2O. The molecule has 12 aromatic rings.